The molecule has 11 rings (SSSR count). The summed E-state index contributed by atoms with van der Waals surface area (Å²) in [4.78, 5) is 16.0. The minimum absolute atomic E-state index is 0.00322. The van der Waals surface area contributed by atoms with Crippen LogP contribution in [0.2, 0.25) is 0 Å². The average Bonchev–Trinajstić information content (AvgIpc) is 3.65. The predicted octanol–water partition coefficient (Wildman–Crippen LogP) is 14.8. The molecule has 0 N–H and O–H groups in total. The Kier molecular flexibility index (Phi) is 8.61. The molecular weight excluding hydrogens is 741 g/mol. The van der Waals surface area contributed by atoms with Gasteiger partial charge in [-0.15, -0.1) is 0 Å². The Labute approximate surface area is 357 Å². The molecule has 61 heavy (non-hydrogen) atoms. The molecule has 0 aliphatic heterocycles. The van der Waals surface area contributed by atoms with Gasteiger partial charge < -0.3 is 4.57 Å². The van der Waals surface area contributed by atoms with Crippen LogP contribution in [0.15, 0.2) is 182 Å². The van der Waals surface area contributed by atoms with Crippen LogP contribution in [-0.4, -0.2) is 19.5 Å². The molecule has 2 heterocycles. The van der Waals surface area contributed by atoms with Gasteiger partial charge in [-0.1, -0.05) is 173 Å². The first-order valence-electron chi connectivity index (χ1n) is 21.4. The van der Waals surface area contributed by atoms with Crippen molar-refractivity contribution in [1.29, 1.82) is 0 Å². The Balaban J connectivity index is 1.20. The standard InChI is InChI=1S/C57H46N4/c1-56(2)30-31-57(3,4)51-49(56)29-28-47-46-26-16-17-27-50(46)61(52(47)51)44-35-40-24-14-15-25-45(40)48(36-44)55-59-53(39-22-12-7-13-23-39)58-54(60-55)43-33-41(37-18-8-5-9-19-37)32-42(34-43)38-20-10-6-11-21-38/h5-29,32-36H,30-31H2,1-4H3. The molecule has 10 aromatic rings. The van der Waals surface area contributed by atoms with Gasteiger partial charge in [0, 0.05) is 33.2 Å². The lowest BCUT2D eigenvalue weighted by Gasteiger charge is -2.42. The van der Waals surface area contributed by atoms with Gasteiger partial charge in [0.05, 0.1) is 11.0 Å². The van der Waals surface area contributed by atoms with Gasteiger partial charge in [0.2, 0.25) is 0 Å². The lowest BCUT2D eigenvalue weighted by Crippen LogP contribution is -2.34. The topological polar surface area (TPSA) is 43.6 Å². The number of rotatable bonds is 6. The molecular formula is C57H46N4. The number of aromatic nitrogens is 4. The molecule has 4 heteroatoms. The minimum atomic E-state index is -0.00322. The van der Waals surface area contributed by atoms with E-state index in [1.165, 1.54) is 32.9 Å². The Hall–Kier alpha value is -7.17. The van der Waals surface area contributed by atoms with Gasteiger partial charge in [-0.25, -0.2) is 15.0 Å². The molecule has 0 amide bonds. The van der Waals surface area contributed by atoms with Crippen LogP contribution in [0.3, 0.4) is 0 Å². The molecule has 294 valence electrons. The highest BCUT2D eigenvalue weighted by Crippen LogP contribution is 2.51. The summed E-state index contributed by atoms with van der Waals surface area (Å²) in [5, 5.41) is 4.77. The van der Waals surface area contributed by atoms with Crippen molar-refractivity contribution in [1.82, 2.24) is 19.5 Å². The maximum atomic E-state index is 5.45. The van der Waals surface area contributed by atoms with Crippen molar-refractivity contribution in [3.05, 3.63) is 193 Å². The maximum absolute atomic E-state index is 5.45. The first kappa shape index (κ1) is 36.9. The zero-order valence-electron chi connectivity index (χ0n) is 35.0. The molecule has 1 aliphatic carbocycles. The van der Waals surface area contributed by atoms with Crippen molar-refractivity contribution in [2.45, 2.75) is 51.4 Å². The van der Waals surface area contributed by atoms with E-state index in [1.54, 1.807) is 0 Å². The molecule has 0 saturated carbocycles. The fourth-order valence-corrected chi connectivity index (χ4v) is 9.76. The van der Waals surface area contributed by atoms with E-state index < -0.39 is 0 Å². The summed E-state index contributed by atoms with van der Waals surface area (Å²) in [5.74, 6) is 1.90. The molecule has 0 unspecified atom stereocenters. The number of hydrogen-bond acceptors (Lipinski definition) is 3. The van der Waals surface area contributed by atoms with E-state index in [0.29, 0.717) is 17.5 Å². The summed E-state index contributed by atoms with van der Waals surface area (Å²) < 4.78 is 2.53. The molecule has 0 atom stereocenters. The Morgan fingerprint density at radius 1 is 0.410 bits per heavy atom. The van der Waals surface area contributed by atoms with Crippen LogP contribution in [0.4, 0.5) is 0 Å². The molecule has 0 fully saturated rings. The first-order chi connectivity index (χ1) is 29.7. The van der Waals surface area contributed by atoms with Crippen molar-refractivity contribution >= 4 is 32.6 Å². The van der Waals surface area contributed by atoms with Gasteiger partial charge in [-0.2, -0.15) is 0 Å². The van der Waals surface area contributed by atoms with Crippen molar-refractivity contribution in [3.63, 3.8) is 0 Å². The van der Waals surface area contributed by atoms with E-state index >= 15 is 0 Å². The number of benzene rings is 8. The third kappa shape index (κ3) is 6.33. The van der Waals surface area contributed by atoms with Gasteiger partial charge in [0.15, 0.2) is 17.5 Å². The number of nitrogens with zero attached hydrogens (tertiary/aromatic N) is 4. The van der Waals surface area contributed by atoms with Gasteiger partial charge in [0.1, 0.15) is 0 Å². The molecule has 2 aromatic heterocycles. The van der Waals surface area contributed by atoms with E-state index in [1.807, 2.05) is 18.2 Å². The lowest BCUT2D eigenvalue weighted by atomic mass is 9.62. The third-order valence-electron chi connectivity index (χ3n) is 13.0. The summed E-state index contributed by atoms with van der Waals surface area (Å²) in [7, 11) is 0. The monoisotopic (exact) mass is 786 g/mol. The van der Waals surface area contributed by atoms with E-state index in [4.69, 9.17) is 15.0 Å². The molecule has 4 nitrogen and oxygen atoms in total. The van der Waals surface area contributed by atoms with Crippen molar-refractivity contribution in [2.24, 2.45) is 0 Å². The Morgan fingerprint density at radius 2 is 0.934 bits per heavy atom. The van der Waals surface area contributed by atoms with Crippen LogP contribution >= 0.6 is 0 Å². The summed E-state index contributed by atoms with van der Waals surface area (Å²) in [5.41, 5.74) is 13.9. The van der Waals surface area contributed by atoms with Gasteiger partial charge in [-0.05, 0) is 104 Å². The van der Waals surface area contributed by atoms with Crippen LogP contribution in [-0.2, 0) is 10.8 Å². The van der Waals surface area contributed by atoms with Gasteiger partial charge in [-0.3, -0.25) is 0 Å². The van der Waals surface area contributed by atoms with E-state index in [-0.39, 0.29) is 10.8 Å². The average molecular weight is 787 g/mol. The van der Waals surface area contributed by atoms with Crippen LogP contribution in [0.1, 0.15) is 51.7 Å². The lowest BCUT2D eigenvalue weighted by molar-refractivity contribution is 0.334. The highest BCUT2D eigenvalue weighted by atomic mass is 15.0. The van der Waals surface area contributed by atoms with Gasteiger partial charge >= 0.3 is 0 Å². The zero-order valence-corrected chi connectivity index (χ0v) is 35.0. The Morgan fingerprint density at radius 3 is 1.61 bits per heavy atom. The van der Waals surface area contributed by atoms with Crippen LogP contribution in [0.5, 0.6) is 0 Å². The fraction of sp³-hybridized carbons (Fsp3) is 0.140. The highest BCUT2D eigenvalue weighted by molar-refractivity contribution is 6.11. The van der Waals surface area contributed by atoms with E-state index in [9.17, 15) is 0 Å². The van der Waals surface area contributed by atoms with Crippen LogP contribution < -0.4 is 0 Å². The molecule has 1 aliphatic rings. The Bertz CT molecular complexity index is 3230. The SMILES string of the molecule is CC1(C)CCC(C)(C)c2c1ccc1c3ccccc3n(-c3cc(-c4nc(-c5ccccc5)nc(-c5cc(-c6ccccc6)cc(-c6ccccc6)c5)n4)c4ccccc4c3)c21. The van der Waals surface area contributed by atoms with E-state index in [2.05, 4.69) is 196 Å². The molecule has 0 saturated heterocycles. The summed E-state index contributed by atoms with van der Waals surface area (Å²) in [6.45, 7) is 9.69. The fourth-order valence-electron chi connectivity index (χ4n) is 9.76. The largest absolute Gasteiger partial charge is 0.309 e. The highest BCUT2D eigenvalue weighted by Gasteiger charge is 2.39. The normalized spacial score (nSPS) is 14.4. The van der Waals surface area contributed by atoms with Crippen molar-refractivity contribution in [2.75, 3.05) is 0 Å². The van der Waals surface area contributed by atoms with Gasteiger partial charge in [0.25, 0.3) is 0 Å². The smallest absolute Gasteiger partial charge is 0.164 e. The summed E-state index contributed by atoms with van der Waals surface area (Å²) in [6, 6.07) is 65.1. The number of para-hydroxylation sites is 1. The second-order valence-corrected chi connectivity index (χ2v) is 17.9. The van der Waals surface area contributed by atoms with Crippen molar-refractivity contribution < 1.29 is 0 Å². The number of hydrogen-bond donors (Lipinski definition) is 0. The molecule has 0 bridgehead atoms. The predicted molar refractivity (Wildman–Crippen MR) is 254 cm³/mol. The maximum Gasteiger partial charge on any atom is 0.164 e. The first-order valence-corrected chi connectivity index (χ1v) is 21.4. The summed E-state index contributed by atoms with van der Waals surface area (Å²) >= 11 is 0. The van der Waals surface area contributed by atoms with E-state index in [0.717, 1.165) is 68.2 Å². The summed E-state index contributed by atoms with van der Waals surface area (Å²) in [6.07, 6.45) is 2.29. The zero-order chi connectivity index (χ0) is 41.3. The second kappa shape index (κ2) is 14.2. The third-order valence-corrected chi connectivity index (χ3v) is 13.0. The number of fused-ring (bicyclic) bond motifs is 6. The van der Waals surface area contributed by atoms with Crippen molar-refractivity contribution in [3.8, 4) is 62.1 Å². The molecule has 0 spiro atoms. The quantitative estimate of drug-likeness (QED) is 0.169. The minimum Gasteiger partial charge on any atom is -0.309 e. The molecule has 8 aromatic carbocycles. The van der Waals surface area contributed by atoms with Crippen LogP contribution in [0.25, 0.3) is 94.7 Å². The van der Waals surface area contributed by atoms with Crippen LogP contribution in [0, 0.1) is 0 Å². The molecule has 0 radical (unpaired) electrons. The second-order valence-electron chi connectivity index (χ2n) is 17.9.